The fourth-order valence-corrected chi connectivity index (χ4v) is 3.22. The van der Waals surface area contributed by atoms with E-state index in [9.17, 15) is 22.8 Å². The number of nitrogens with zero attached hydrogens (tertiary/aromatic N) is 2. The first-order valence-electron chi connectivity index (χ1n) is 8.84. The van der Waals surface area contributed by atoms with Crippen LogP contribution in [-0.4, -0.2) is 49.9 Å². The van der Waals surface area contributed by atoms with Crippen molar-refractivity contribution in [3.63, 3.8) is 0 Å². The van der Waals surface area contributed by atoms with E-state index < -0.39 is 17.6 Å². The number of alkyl halides is 3. The van der Waals surface area contributed by atoms with Crippen LogP contribution >= 0.6 is 0 Å². The standard InChI is InChI=1S/C20H20F3N3O2/c1-24-18(27)14-6-8-15(9-7-14)25-10-12-26(13-11-25)19(28)16-4-2-3-5-17(16)20(21,22)23/h2-9H,10-13H2,1H3,(H,24,27). The van der Waals surface area contributed by atoms with Crippen LogP contribution in [0.5, 0.6) is 0 Å². The van der Waals surface area contributed by atoms with Gasteiger partial charge in [0.2, 0.25) is 0 Å². The quantitative estimate of drug-likeness (QED) is 0.875. The molecular weight excluding hydrogens is 371 g/mol. The fraction of sp³-hybridized carbons (Fsp3) is 0.300. The van der Waals surface area contributed by atoms with Crippen molar-refractivity contribution in [2.75, 3.05) is 38.1 Å². The summed E-state index contributed by atoms with van der Waals surface area (Å²) in [6.07, 6.45) is -4.57. The van der Waals surface area contributed by atoms with Gasteiger partial charge in [-0.15, -0.1) is 0 Å². The minimum Gasteiger partial charge on any atom is -0.368 e. The second kappa shape index (κ2) is 7.92. The van der Waals surface area contributed by atoms with Crippen LogP contribution in [0.4, 0.5) is 18.9 Å². The molecule has 0 aliphatic carbocycles. The van der Waals surface area contributed by atoms with Crippen LogP contribution in [0.15, 0.2) is 48.5 Å². The Morgan fingerprint density at radius 1 is 0.929 bits per heavy atom. The highest BCUT2D eigenvalue weighted by Crippen LogP contribution is 2.32. The number of hydrogen-bond donors (Lipinski definition) is 1. The lowest BCUT2D eigenvalue weighted by Gasteiger charge is -2.36. The number of benzene rings is 2. The average molecular weight is 391 g/mol. The van der Waals surface area contributed by atoms with E-state index in [2.05, 4.69) is 5.32 Å². The Bertz CT molecular complexity index is 858. The molecule has 2 aromatic carbocycles. The van der Waals surface area contributed by atoms with Gasteiger partial charge in [0.25, 0.3) is 11.8 Å². The van der Waals surface area contributed by atoms with Gasteiger partial charge >= 0.3 is 6.18 Å². The molecule has 0 aromatic heterocycles. The Morgan fingerprint density at radius 2 is 1.54 bits per heavy atom. The summed E-state index contributed by atoms with van der Waals surface area (Å²) in [5.74, 6) is -0.784. The van der Waals surface area contributed by atoms with Gasteiger partial charge in [-0.1, -0.05) is 12.1 Å². The molecule has 0 bridgehead atoms. The molecule has 1 fully saturated rings. The van der Waals surface area contributed by atoms with Gasteiger partial charge in [0.05, 0.1) is 11.1 Å². The number of anilines is 1. The Kier molecular flexibility index (Phi) is 5.58. The van der Waals surface area contributed by atoms with Gasteiger partial charge < -0.3 is 15.1 Å². The smallest absolute Gasteiger partial charge is 0.368 e. The molecule has 1 aliphatic rings. The van der Waals surface area contributed by atoms with Gasteiger partial charge in [0.15, 0.2) is 0 Å². The predicted octanol–water partition coefficient (Wildman–Crippen LogP) is 3.03. The number of nitrogens with one attached hydrogen (secondary N) is 1. The van der Waals surface area contributed by atoms with Crippen molar-refractivity contribution in [3.8, 4) is 0 Å². The normalized spacial score (nSPS) is 14.7. The molecule has 0 radical (unpaired) electrons. The number of hydrogen-bond acceptors (Lipinski definition) is 3. The number of carbonyl (C=O) groups is 2. The molecule has 8 heteroatoms. The van der Waals surface area contributed by atoms with Gasteiger partial charge in [-0.2, -0.15) is 13.2 Å². The molecule has 28 heavy (non-hydrogen) atoms. The molecule has 2 amide bonds. The van der Waals surface area contributed by atoms with Crippen molar-refractivity contribution < 1.29 is 22.8 Å². The highest BCUT2D eigenvalue weighted by molar-refractivity contribution is 5.96. The van der Waals surface area contributed by atoms with Gasteiger partial charge in [0, 0.05) is 44.5 Å². The first kappa shape index (κ1) is 19.7. The number of rotatable bonds is 3. The number of amides is 2. The second-order valence-electron chi connectivity index (χ2n) is 6.45. The zero-order chi connectivity index (χ0) is 20.3. The summed E-state index contributed by atoms with van der Waals surface area (Å²) in [7, 11) is 1.56. The maximum atomic E-state index is 13.2. The first-order valence-corrected chi connectivity index (χ1v) is 8.84. The van der Waals surface area contributed by atoms with Crippen molar-refractivity contribution in [2.24, 2.45) is 0 Å². The van der Waals surface area contributed by atoms with E-state index in [0.717, 1.165) is 11.8 Å². The molecule has 1 heterocycles. The largest absolute Gasteiger partial charge is 0.417 e. The summed E-state index contributed by atoms with van der Waals surface area (Å²) in [5, 5.41) is 2.55. The Hall–Kier alpha value is -3.03. The Balaban J connectivity index is 1.67. The minimum atomic E-state index is -4.57. The molecule has 1 N–H and O–H groups in total. The molecule has 0 spiro atoms. The van der Waals surface area contributed by atoms with E-state index in [1.165, 1.54) is 23.1 Å². The number of piperazine rings is 1. The van der Waals surface area contributed by atoms with Gasteiger partial charge in [-0.3, -0.25) is 9.59 Å². The molecular formula is C20H20F3N3O2. The third-order valence-corrected chi connectivity index (χ3v) is 4.75. The third-order valence-electron chi connectivity index (χ3n) is 4.75. The third kappa shape index (κ3) is 4.11. The van der Waals surface area contributed by atoms with Crippen LogP contribution in [0.2, 0.25) is 0 Å². The van der Waals surface area contributed by atoms with Crippen LogP contribution in [0.25, 0.3) is 0 Å². The zero-order valence-electron chi connectivity index (χ0n) is 15.3. The second-order valence-corrected chi connectivity index (χ2v) is 6.45. The number of halogens is 3. The summed E-state index contributed by atoms with van der Waals surface area (Å²) in [4.78, 5) is 27.7. The SMILES string of the molecule is CNC(=O)c1ccc(N2CCN(C(=O)c3ccccc3C(F)(F)F)CC2)cc1. The number of carbonyl (C=O) groups excluding carboxylic acids is 2. The summed E-state index contributed by atoms with van der Waals surface area (Å²) < 4.78 is 39.5. The molecule has 5 nitrogen and oxygen atoms in total. The lowest BCUT2D eigenvalue weighted by Crippen LogP contribution is -2.49. The van der Waals surface area contributed by atoms with Gasteiger partial charge in [0.1, 0.15) is 0 Å². The highest BCUT2D eigenvalue weighted by Gasteiger charge is 2.36. The molecule has 0 atom stereocenters. The summed E-state index contributed by atoms with van der Waals surface area (Å²) >= 11 is 0. The summed E-state index contributed by atoms with van der Waals surface area (Å²) in [5.41, 5.74) is 0.213. The van der Waals surface area contributed by atoms with Gasteiger partial charge in [-0.05, 0) is 36.4 Å². The molecule has 2 aromatic rings. The lowest BCUT2D eigenvalue weighted by molar-refractivity contribution is -0.138. The highest BCUT2D eigenvalue weighted by atomic mass is 19.4. The molecule has 0 unspecified atom stereocenters. The molecule has 1 saturated heterocycles. The average Bonchev–Trinajstić information content (AvgIpc) is 2.72. The minimum absolute atomic E-state index is 0.176. The lowest BCUT2D eigenvalue weighted by atomic mass is 10.1. The zero-order valence-corrected chi connectivity index (χ0v) is 15.3. The van der Waals surface area contributed by atoms with Crippen LogP contribution in [0.1, 0.15) is 26.3 Å². The van der Waals surface area contributed by atoms with Crippen LogP contribution in [0.3, 0.4) is 0 Å². The monoisotopic (exact) mass is 391 g/mol. The topological polar surface area (TPSA) is 52.7 Å². The molecule has 148 valence electrons. The van der Waals surface area contributed by atoms with Crippen molar-refractivity contribution >= 4 is 17.5 Å². The van der Waals surface area contributed by atoms with E-state index >= 15 is 0 Å². The predicted molar refractivity (Wildman–Crippen MR) is 99.4 cm³/mol. The van der Waals surface area contributed by atoms with E-state index in [0.29, 0.717) is 31.7 Å². The van der Waals surface area contributed by atoms with E-state index in [1.54, 1.807) is 19.2 Å². The Morgan fingerprint density at radius 3 is 2.11 bits per heavy atom. The fourth-order valence-electron chi connectivity index (χ4n) is 3.22. The molecule has 1 aliphatic heterocycles. The van der Waals surface area contributed by atoms with Gasteiger partial charge in [-0.25, -0.2) is 0 Å². The van der Waals surface area contributed by atoms with Crippen molar-refractivity contribution in [1.82, 2.24) is 10.2 Å². The maximum Gasteiger partial charge on any atom is 0.417 e. The van der Waals surface area contributed by atoms with Crippen molar-refractivity contribution in [3.05, 3.63) is 65.2 Å². The Labute approximate surface area is 160 Å². The van der Waals surface area contributed by atoms with Crippen molar-refractivity contribution in [1.29, 1.82) is 0 Å². The molecule has 3 rings (SSSR count). The van der Waals surface area contributed by atoms with Crippen LogP contribution < -0.4 is 10.2 Å². The maximum absolute atomic E-state index is 13.2. The molecule has 0 saturated carbocycles. The van der Waals surface area contributed by atoms with Crippen molar-refractivity contribution in [2.45, 2.75) is 6.18 Å². The van der Waals surface area contributed by atoms with Crippen LogP contribution in [0, 0.1) is 0 Å². The van der Waals surface area contributed by atoms with Crippen LogP contribution in [-0.2, 0) is 6.18 Å². The summed E-state index contributed by atoms with van der Waals surface area (Å²) in [6, 6.07) is 11.9. The van der Waals surface area contributed by atoms with E-state index in [4.69, 9.17) is 0 Å². The first-order chi connectivity index (χ1) is 13.3. The van der Waals surface area contributed by atoms with E-state index in [-0.39, 0.29) is 11.5 Å². The van der Waals surface area contributed by atoms with E-state index in [1.807, 2.05) is 17.0 Å². The summed E-state index contributed by atoms with van der Waals surface area (Å²) in [6.45, 7) is 1.64.